The molecule has 1 aliphatic rings. The van der Waals surface area contributed by atoms with Gasteiger partial charge in [-0.25, -0.2) is 0 Å². The molecule has 1 aromatic heterocycles. The number of rotatable bonds is 6. The standard InChI is InChI=1S/C14H22N2OS.ClH/c17-14(4-3-12-5-8-15-9-6-12)16-10-7-13-2-1-11-18-13;/h1-2,11-12,15H,3-10H2,(H,16,17);1H. The largest absolute Gasteiger partial charge is 0.356 e. The summed E-state index contributed by atoms with van der Waals surface area (Å²) in [6, 6.07) is 4.17. The van der Waals surface area contributed by atoms with Crippen LogP contribution in [0, 0.1) is 5.92 Å². The first kappa shape index (κ1) is 16.5. The fourth-order valence-electron chi connectivity index (χ4n) is 2.37. The number of hydrogen-bond acceptors (Lipinski definition) is 3. The highest BCUT2D eigenvalue weighted by Gasteiger charge is 2.14. The Morgan fingerprint density at radius 1 is 1.42 bits per heavy atom. The molecule has 0 unspecified atom stereocenters. The van der Waals surface area contributed by atoms with E-state index >= 15 is 0 Å². The van der Waals surface area contributed by atoms with Crippen LogP contribution in [-0.2, 0) is 11.2 Å². The van der Waals surface area contributed by atoms with Gasteiger partial charge >= 0.3 is 0 Å². The van der Waals surface area contributed by atoms with Gasteiger partial charge in [0.2, 0.25) is 5.91 Å². The van der Waals surface area contributed by atoms with Gasteiger partial charge in [0, 0.05) is 17.8 Å². The molecule has 2 rings (SSSR count). The first-order valence-electron chi connectivity index (χ1n) is 6.84. The highest BCUT2D eigenvalue weighted by atomic mass is 35.5. The van der Waals surface area contributed by atoms with Gasteiger partial charge in [-0.2, -0.15) is 0 Å². The smallest absolute Gasteiger partial charge is 0.220 e. The number of piperidine rings is 1. The van der Waals surface area contributed by atoms with Crippen molar-refractivity contribution in [2.24, 2.45) is 5.92 Å². The Bertz CT molecular complexity index is 350. The number of hydrogen-bond donors (Lipinski definition) is 2. The van der Waals surface area contributed by atoms with Crippen molar-refractivity contribution >= 4 is 29.7 Å². The van der Waals surface area contributed by atoms with Crippen molar-refractivity contribution in [1.29, 1.82) is 0 Å². The molecule has 108 valence electrons. The number of carbonyl (C=O) groups excluding carboxylic acids is 1. The van der Waals surface area contributed by atoms with E-state index in [0.29, 0.717) is 6.42 Å². The Balaban J connectivity index is 0.00000180. The predicted molar refractivity (Wildman–Crippen MR) is 83.1 cm³/mol. The zero-order chi connectivity index (χ0) is 12.6. The first-order chi connectivity index (χ1) is 8.84. The second kappa shape index (κ2) is 9.34. The van der Waals surface area contributed by atoms with E-state index in [9.17, 15) is 4.79 Å². The van der Waals surface area contributed by atoms with Crippen molar-refractivity contribution in [3.05, 3.63) is 22.4 Å². The molecule has 0 saturated carbocycles. The van der Waals surface area contributed by atoms with Gasteiger partial charge < -0.3 is 10.6 Å². The maximum atomic E-state index is 11.7. The molecule has 0 spiro atoms. The minimum Gasteiger partial charge on any atom is -0.356 e. The van der Waals surface area contributed by atoms with Crippen LogP contribution in [0.2, 0.25) is 0 Å². The van der Waals surface area contributed by atoms with Gasteiger partial charge in [-0.15, -0.1) is 23.7 Å². The van der Waals surface area contributed by atoms with Gasteiger partial charge in [-0.3, -0.25) is 4.79 Å². The van der Waals surface area contributed by atoms with Gasteiger partial charge in [0.1, 0.15) is 0 Å². The molecule has 2 N–H and O–H groups in total. The van der Waals surface area contributed by atoms with Crippen molar-refractivity contribution in [2.75, 3.05) is 19.6 Å². The number of amides is 1. The quantitative estimate of drug-likeness (QED) is 0.848. The topological polar surface area (TPSA) is 41.1 Å². The molecule has 19 heavy (non-hydrogen) atoms. The van der Waals surface area contributed by atoms with E-state index in [-0.39, 0.29) is 18.3 Å². The Morgan fingerprint density at radius 3 is 2.89 bits per heavy atom. The van der Waals surface area contributed by atoms with E-state index in [1.165, 1.54) is 17.7 Å². The second-order valence-electron chi connectivity index (χ2n) is 4.91. The Kier molecular flexibility index (Phi) is 8.10. The molecule has 0 radical (unpaired) electrons. The predicted octanol–water partition coefficient (Wildman–Crippen LogP) is 2.61. The zero-order valence-corrected chi connectivity index (χ0v) is 12.8. The monoisotopic (exact) mass is 302 g/mol. The second-order valence-corrected chi connectivity index (χ2v) is 5.94. The summed E-state index contributed by atoms with van der Waals surface area (Å²) in [5, 5.41) is 8.44. The Labute approximate surface area is 125 Å². The van der Waals surface area contributed by atoms with Crippen molar-refractivity contribution in [2.45, 2.75) is 32.1 Å². The minimum atomic E-state index is 0. The summed E-state index contributed by atoms with van der Waals surface area (Å²) in [6.07, 6.45) is 5.14. The van der Waals surface area contributed by atoms with Crippen molar-refractivity contribution in [3.8, 4) is 0 Å². The normalized spacial score (nSPS) is 15.8. The Hall–Kier alpha value is -0.580. The summed E-state index contributed by atoms with van der Waals surface area (Å²) in [7, 11) is 0. The molecule has 1 aromatic rings. The van der Waals surface area contributed by atoms with E-state index in [0.717, 1.165) is 38.4 Å². The third-order valence-electron chi connectivity index (χ3n) is 3.51. The average Bonchev–Trinajstić information content (AvgIpc) is 2.91. The van der Waals surface area contributed by atoms with Crippen LogP contribution >= 0.6 is 23.7 Å². The van der Waals surface area contributed by atoms with Crippen molar-refractivity contribution in [1.82, 2.24) is 10.6 Å². The van der Waals surface area contributed by atoms with E-state index < -0.39 is 0 Å². The Morgan fingerprint density at radius 2 is 2.21 bits per heavy atom. The average molecular weight is 303 g/mol. The molecule has 1 aliphatic heterocycles. The van der Waals surface area contributed by atoms with Crippen LogP contribution < -0.4 is 10.6 Å². The summed E-state index contributed by atoms with van der Waals surface area (Å²) in [5.74, 6) is 0.958. The molecule has 0 aromatic carbocycles. The lowest BCUT2D eigenvalue weighted by Gasteiger charge is -2.22. The molecular weight excluding hydrogens is 280 g/mol. The molecule has 0 atom stereocenters. The summed E-state index contributed by atoms with van der Waals surface area (Å²) in [4.78, 5) is 13.0. The highest BCUT2D eigenvalue weighted by Crippen LogP contribution is 2.17. The molecule has 3 nitrogen and oxygen atoms in total. The molecule has 0 bridgehead atoms. The van der Waals surface area contributed by atoms with E-state index in [4.69, 9.17) is 0 Å². The van der Waals surface area contributed by atoms with Gasteiger partial charge in [0.25, 0.3) is 0 Å². The lowest BCUT2D eigenvalue weighted by atomic mass is 9.93. The van der Waals surface area contributed by atoms with Crippen LogP contribution in [0.25, 0.3) is 0 Å². The summed E-state index contributed by atoms with van der Waals surface area (Å²) in [5.41, 5.74) is 0. The van der Waals surface area contributed by atoms with Crippen LogP contribution in [0.3, 0.4) is 0 Å². The van der Waals surface area contributed by atoms with Crippen LogP contribution in [0.4, 0.5) is 0 Å². The van der Waals surface area contributed by atoms with Crippen LogP contribution in [-0.4, -0.2) is 25.5 Å². The highest BCUT2D eigenvalue weighted by molar-refractivity contribution is 7.09. The third kappa shape index (κ3) is 6.41. The number of nitrogens with one attached hydrogen (secondary N) is 2. The van der Waals surface area contributed by atoms with Gasteiger partial charge in [-0.05, 0) is 56.1 Å². The number of halogens is 1. The first-order valence-corrected chi connectivity index (χ1v) is 7.72. The van der Waals surface area contributed by atoms with E-state index in [2.05, 4.69) is 28.1 Å². The molecule has 5 heteroatoms. The fraction of sp³-hybridized carbons (Fsp3) is 0.643. The van der Waals surface area contributed by atoms with Crippen LogP contribution in [0.1, 0.15) is 30.6 Å². The van der Waals surface area contributed by atoms with E-state index in [1.807, 2.05) is 0 Å². The van der Waals surface area contributed by atoms with Crippen molar-refractivity contribution < 1.29 is 4.79 Å². The molecule has 1 saturated heterocycles. The van der Waals surface area contributed by atoms with Gasteiger partial charge in [-0.1, -0.05) is 6.07 Å². The molecule has 0 aliphatic carbocycles. The van der Waals surface area contributed by atoms with Gasteiger partial charge in [0.15, 0.2) is 0 Å². The summed E-state index contributed by atoms with van der Waals surface area (Å²) < 4.78 is 0. The lowest BCUT2D eigenvalue weighted by molar-refractivity contribution is -0.121. The number of carbonyl (C=O) groups is 1. The lowest BCUT2D eigenvalue weighted by Crippen LogP contribution is -2.30. The SMILES string of the molecule is Cl.O=C(CCC1CCNCC1)NCCc1cccs1. The van der Waals surface area contributed by atoms with E-state index in [1.54, 1.807) is 11.3 Å². The van der Waals surface area contributed by atoms with Gasteiger partial charge in [0.05, 0.1) is 0 Å². The maximum Gasteiger partial charge on any atom is 0.220 e. The summed E-state index contributed by atoms with van der Waals surface area (Å²) >= 11 is 1.75. The van der Waals surface area contributed by atoms with Crippen LogP contribution in [0.15, 0.2) is 17.5 Å². The minimum absolute atomic E-state index is 0. The molecule has 2 heterocycles. The maximum absolute atomic E-state index is 11.7. The van der Waals surface area contributed by atoms with Crippen molar-refractivity contribution in [3.63, 3.8) is 0 Å². The molecular formula is C14H23ClN2OS. The molecule has 1 fully saturated rings. The summed E-state index contributed by atoms with van der Waals surface area (Å²) in [6.45, 7) is 3.00. The van der Waals surface area contributed by atoms with Crippen LogP contribution in [0.5, 0.6) is 0 Å². The zero-order valence-electron chi connectivity index (χ0n) is 11.2. The molecule has 1 amide bonds. The number of thiophene rings is 1. The fourth-order valence-corrected chi connectivity index (χ4v) is 3.08. The third-order valence-corrected chi connectivity index (χ3v) is 4.45.